The van der Waals surface area contributed by atoms with Crippen molar-refractivity contribution in [1.82, 2.24) is 4.98 Å². The second kappa shape index (κ2) is 6.24. The molecule has 0 saturated heterocycles. The van der Waals surface area contributed by atoms with Crippen LogP contribution in [0.2, 0.25) is 0 Å². The Morgan fingerprint density at radius 3 is 2.68 bits per heavy atom. The molecule has 2 aromatic rings. The molecule has 1 unspecified atom stereocenters. The summed E-state index contributed by atoms with van der Waals surface area (Å²) in [5, 5.41) is 2.78. The van der Waals surface area contributed by atoms with E-state index in [0.717, 1.165) is 5.56 Å². The Kier molecular flexibility index (Phi) is 4.41. The van der Waals surface area contributed by atoms with Gasteiger partial charge in [0.15, 0.2) is 0 Å². The average Bonchev–Trinajstić information content (AvgIpc) is 2.39. The third-order valence-electron chi connectivity index (χ3n) is 2.50. The van der Waals surface area contributed by atoms with Crippen LogP contribution < -0.4 is 5.32 Å². The zero-order valence-electron chi connectivity index (χ0n) is 10.5. The third kappa shape index (κ3) is 3.99. The van der Waals surface area contributed by atoms with Gasteiger partial charge in [-0.05, 0) is 29.8 Å². The maximum atomic E-state index is 12.0. The van der Waals surface area contributed by atoms with Gasteiger partial charge in [-0.2, -0.15) is 0 Å². The smallest absolute Gasteiger partial charge is 0.255 e. The number of nitrogens with zero attached hydrogens (tertiary/aromatic N) is 1. The molecule has 5 heteroatoms. The second-order valence-electron chi connectivity index (χ2n) is 4.11. The van der Waals surface area contributed by atoms with Gasteiger partial charge in [0.1, 0.15) is 0 Å². The number of rotatable bonds is 4. The largest absolute Gasteiger partial charge is 0.322 e. The average molecular weight is 274 g/mol. The maximum absolute atomic E-state index is 12.0. The van der Waals surface area contributed by atoms with Crippen LogP contribution in [-0.2, 0) is 16.6 Å². The molecule has 2 rings (SSSR count). The Hall–Kier alpha value is -2.01. The van der Waals surface area contributed by atoms with Crippen molar-refractivity contribution in [1.29, 1.82) is 0 Å². The lowest BCUT2D eigenvalue weighted by Gasteiger charge is -2.06. The first kappa shape index (κ1) is 13.4. The molecule has 98 valence electrons. The highest BCUT2D eigenvalue weighted by Crippen LogP contribution is 2.11. The second-order valence-corrected chi connectivity index (χ2v) is 5.54. The number of nitrogens with one attached hydrogen (secondary N) is 1. The van der Waals surface area contributed by atoms with E-state index in [-0.39, 0.29) is 5.91 Å². The number of pyridine rings is 1. The van der Waals surface area contributed by atoms with E-state index in [1.165, 1.54) is 0 Å². The highest BCUT2D eigenvalue weighted by Gasteiger charge is 2.07. The fourth-order valence-corrected chi connectivity index (χ4v) is 2.32. The lowest BCUT2D eigenvalue weighted by atomic mass is 10.1. The monoisotopic (exact) mass is 274 g/mol. The van der Waals surface area contributed by atoms with E-state index in [0.29, 0.717) is 17.0 Å². The molecule has 1 aromatic heterocycles. The molecule has 1 atom stereocenters. The molecule has 0 saturated carbocycles. The fraction of sp³-hybridized carbons (Fsp3) is 0.143. The lowest BCUT2D eigenvalue weighted by molar-refractivity contribution is 0.102. The van der Waals surface area contributed by atoms with Crippen LogP contribution in [0.1, 0.15) is 15.9 Å². The van der Waals surface area contributed by atoms with Crippen molar-refractivity contribution < 1.29 is 9.00 Å². The number of hydrogen-bond donors (Lipinski definition) is 1. The standard InChI is InChI=1S/C14H14N2O2S/c1-19(18)10-11-3-2-4-12(9-11)14(17)16-13-5-7-15-8-6-13/h2-9H,10H2,1H3,(H,15,16,17). The van der Waals surface area contributed by atoms with Crippen molar-refractivity contribution in [3.8, 4) is 0 Å². The van der Waals surface area contributed by atoms with E-state index in [9.17, 15) is 9.00 Å². The predicted molar refractivity (Wildman–Crippen MR) is 76.4 cm³/mol. The normalized spacial score (nSPS) is 11.8. The van der Waals surface area contributed by atoms with Gasteiger partial charge in [0.2, 0.25) is 0 Å². The van der Waals surface area contributed by atoms with Crippen LogP contribution in [-0.4, -0.2) is 21.4 Å². The van der Waals surface area contributed by atoms with Crippen molar-refractivity contribution in [2.24, 2.45) is 0 Å². The van der Waals surface area contributed by atoms with Crippen LogP contribution in [0.4, 0.5) is 5.69 Å². The van der Waals surface area contributed by atoms with Crippen LogP contribution in [0.5, 0.6) is 0 Å². The summed E-state index contributed by atoms with van der Waals surface area (Å²) in [6.07, 6.45) is 4.88. The molecule has 0 fully saturated rings. The Morgan fingerprint density at radius 1 is 1.26 bits per heavy atom. The molecule has 0 bridgehead atoms. The highest BCUT2D eigenvalue weighted by atomic mass is 32.2. The Bertz CT molecular complexity index is 599. The van der Waals surface area contributed by atoms with Crippen LogP contribution >= 0.6 is 0 Å². The third-order valence-corrected chi connectivity index (χ3v) is 3.24. The number of anilines is 1. The van der Waals surface area contributed by atoms with Gasteiger partial charge in [-0.15, -0.1) is 0 Å². The van der Waals surface area contributed by atoms with Gasteiger partial charge < -0.3 is 5.32 Å². The fourth-order valence-electron chi connectivity index (χ4n) is 1.68. The molecule has 1 amide bonds. The molecule has 4 nitrogen and oxygen atoms in total. The summed E-state index contributed by atoms with van der Waals surface area (Å²) in [7, 11) is -0.916. The molecule has 0 aliphatic heterocycles. The first-order chi connectivity index (χ1) is 9.15. The first-order valence-corrected chi connectivity index (χ1v) is 7.48. The minimum atomic E-state index is -0.916. The number of aromatic nitrogens is 1. The van der Waals surface area contributed by atoms with Crippen molar-refractivity contribution in [2.75, 3.05) is 11.6 Å². The Labute approximate surface area is 114 Å². The zero-order valence-corrected chi connectivity index (χ0v) is 11.3. The molecular formula is C14H14N2O2S. The Balaban J connectivity index is 2.13. The van der Waals surface area contributed by atoms with Gasteiger partial charge in [0.05, 0.1) is 0 Å². The van der Waals surface area contributed by atoms with Crippen molar-refractivity contribution in [2.45, 2.75) is 5.75 Å². The van der Waals surface area contributed by atoms with Gasteiger partial charge in [0, 0.05) is 46.5 Å². The lowest BCUT2D eigenvalue weighted by Crippen LogP contribution is -2.12. The van der Waals surface area contributed by atoms with E-state index >= 15 is 0 Å². The molecule has 1 N–H and O–H groups in total. The van der Waals surface area contributed by atoms with E-state index in [4.69, 9.17) is 0 Å². The molecule has 1 heterocycles. The maximum Gasteiger partial charge on any atom is 0.255 e. The van der Waals surface area contributed by atoms with Crippen LogP contribution in [0.25, 0.3) is 0 Å². The molecule has 0 aliphatic carbocycles. The summed E-state index contributed by atoms with van der Waals surface area (Å²) in [4.78, 5) is 15.9. The van der Waals surface area contributed by atoms with Gasteiger partial charge in [-0.25, -0.2) is 0 Å². The summed E-state index contributed by atoms with van der Waals surface area (Å²) in [5.41, 5.74) is 2.15. The van der Waals surface area contributed by atoms with Gasteiger partial charge in [-0.1, -0.05) is 12.1 Å². The SMILES string of the molecule is CS(=O)Cc1cccc(C(=O)Nc2ccncc2)c1. The highest BCUT2D eigenvalue weighted by molar-refractivity contribution is 7.83. The van der Waals surface area contributed by atoms with Crippen molar-refractivity contribution in [3.63, 3.8) is 0 Å². The number of hydrogen-bond acceptors (Lipinski definition) is 3. The summed E-state index contributed by atoms with van der Waals surface area (Å²) in [6.45, 7) is 0. The van der Waals surface area contributed by atoms with E-state index in [2.05, 4.69) is 10.3 Å². The molecule has 0 spiro atoms. The molecule has 19 heavy (non-hydrogen) atoms. The minimum absolute atomic E-state index is 0.185. The summed E-state index contributed by atoms with van der Waals surface area (Å²) >= 11 is 0. The Morgan fingerprint density at radius 2 is 2.00 bits per heavy atom. The zero-order chi connectivity index (χ0) is 13.7. The minimum Gasteiger partial charge on any atom is -0.322 e. The van der Waals surface area contributed by atoms with Gasteiger partial charge in [-0.3, -0.25) is 14.0 Å². The molecule has 0 radical (unpaired) electrons. The molecule has 1 aromatic carbocycles. The molecular weight excluding hydrogens is 260 g/mol. The van der Waals surface area contributed by atoms with Crippen LogP contribution in [0.3, 0.4) is 0 Å². The van der Waals surface area contributed by atoms with Crippen molar-refractivity contribution >= 4 is 22.4 Å². The first-order valence-electron chi connectivity index (χ1n) is 5.75. The number of carbonyl (C=O) groups excluding carboxylic acids is 1. The van der Waals surface area contributed by atoms with Gasteiger partial charge in [0.25, 0.3) is 5.91 Å². The summed E-state index contributed by atoms with van der Waals surface area (Å²) in [6, 6.07) is 10.6. The van der Waals surface area contributed by atoms with Crippen LogP contribution in [0, 0.1) is 0 Å². The summed E-state index contributed by atoms with van der Waals surface area (Å²) < 4.78 is 11.2. The van der Waals surface area contributed by atoms with Crippen molar-refractivity contribution in [3.05, 3.63) is 59.9 Å². The topological polar surface area (TPSA) is 59.1 Å². The van der Waals surface area contributed by atoms with E-state index < -0.39 is 10.8 Å². The van der Waals surface area contributed by atoms with Gasteiger partial charge >= 0.3 is 0 Å². The number of benzene rings is 1. The van der Waals surface area contributed by atoms with Crippen LogP contribution in [0.15, 0.2) is 48.8 Å². The van der Waals surface area contributed by atoms with E-state index in [1.54, 1.807) is 49.0 Å². The number of amides is 1. The summed E-state index contributed by atoms with van der Waals surface area (Å²) in [5.74, 6) is 0.269. The number of carbonyl (C=O) groups is 1. The van der Waals surface area contributed by atoms with E-state index in [1.807, 2.05) is 6.07 Å². The quantitative estimate of drug-likeness (QED) is 0.930. The predicted octanol–water partition coefficient (Wildman–Crippen LogP) is 2.21. The molecule has 0 aliphatic rings.